The maximum Gasteiger partial charge on any atom is 0.164 e. The molecule has 0 bridgehead atoms. The highest BCUT2D eigenvalue weighted by molar-refractivity contribution is 9.10. The number of hydrogen-bond acceptors (Lipinski definition) is 2. The molecule has 0 fully saturated rings. The van der Waals surface area contributed by atoms with Crippen molar-refractivity contribution >= 4 is 27.4 Å². The number of halogens is 1. The second-order valence-corrected chi connectivity index (χ2v) is 6.04. The summed E-state index contributed by atoms with van der Waals surface area (Å²) >= 11 is 3.38. The summed E-state index contributed by atoms with van der Waals surface area (Å²) in [7, 11) is 2.02. The van der Waals surface area contributed by atoms with E-state index in [1.54, 1.807) is 0 Å². The Bertz CT molecular complexity index is 590. The van der Waals surface area contributed by atoms with Crippen LogP contribution in [0.25, 0.3) is 0 Å². The second-order valence-electron chi connectivity index (χ2n) is 5.12. The Kier molecular flexibility index (Phi) is 5.57. The minimum Gasteiger partial charge on any atom is -0.374 e. The van der Waals surface area contributed by atoms with Crippen LogP contribution in [0.4, 0.5) is 5.69 Å². The van der Waals surface area contributed by atoms with Crippen molar-refractivity contribution in [2.45, 2.75) is 19.8 Å². The highest BCUT2D eigenvalue weighted by Crippen LogP contribution is 2.16. The molecule has 2 rings (SSSR count). The second kappa shape index (κ2) is 7.41. The molecule has 2 nitrogen and oxygen atoms in total. The summed E-state index contributed by atoms with van der Waals surface area (Å²) in [6, 6.07) is 16.0. The number of anilines is 1. The van der Waals surface area contributed by atoms with Gasteiger partial charge in [0, 0.05) is 35.7 Å². The molecule has 0 radical (unpaired) electrons. The van der Waals surface area contributed by atoms with Crippen LogP contribution in [0.5, 0.6) is 0 Å². The van der Waals surface area contributed by atoms with E-state index in [2.05, 4.69) is 52.0 Å². The molecule has 0 aromatic heterocycles. The molecule has 0 saturated heterocycles. The van der Waals surface area contributed by atoms with E-state index in [1.807, 2.05) is 31.3 Å². The topological polar surface area (TPSA) is 20.3 Å². The number of ketones is 1. The monoisotopic (exact) mass is 345 g/mol. The Balaban J connectivity index is 1.92. The number of rotatable bonds is 6. The lowest BCUT2D eigenvalue weighted by Gasteiger charge is -2.19. The highest BCUT2D eigenvalue weighted by Gasteiger charge is 2.08. The molecule has 0 atom stereocenters. The number of Topliss-reactive ketones (excluding diaryl/α,β-unsaturated/α-hetero) is 1. The summed E-state index contributed by atoms with van der Waals surface area (Å²) in [5.41, 5.74) is 3.25. The molecule has 2 aromatic rings. The van der Waals surface area contributed by atoms with Gasteiger partial charge in [-0.15, -0.1) is 0 Å². The minimum absolute atomic E-state index is 0.180. The fourth-order valence-corrected chi connectivity index (χ4v) is 2.43. The van der Waals surface area contributed by atoms with Crippen molar-refractivity contribution in [3.8, 4) is 0 Å². The smallest absolute Gasteiger partial charge is 0.164 e. The maximum atomic E-state index is 12.2. The molecule has 0 heterocycles. The maximum absolute atomic E-state index is 12.2. The lowest BCUT2D eigenvalue weighted by atomic mass is 10.1. The molecule has 0 aliphatic rings. The van der Waals surface area contributed by atoms with E-state index in [1.165, 1.54) is 5.56 Å². The fourth-order valence-electron chi connectivity index (χ4n) is 2.16. The Morgan fingerprint density at radius 3 is 2.24 bits per heavy atom. The van der Waals surface area contributed by atoms with Gasteiger partial charge < -0.3 is 4.90 Å². The van der Waals surface area contributed by atoms with Gasteiger partial charge in [0.25, 0.3) is 0 Å². The highest BCUT2D eigenvalue weighted by atomic mass is 79.9. The Morgan fingerprint density at radius 2 is 1.67 bits per heavy atom. The predicted molar refractivity (Wildman–Crippen MR) is 92.2 cm³/mol. The molecule has 0 spiro atoms. The minimum atomic E-state index is 0.180. The van der Waals surface area contributed by atoms with Crippen molar-refractivity contribution in [2.24, 2.45) is 0 Å². The molecule has 0 aliphatic heterocycles. The van der Waals surface area contributed by atoms with Crippen LogP contribution in [0.2, 0.25) is 0 Å². The Labute approximate surface area is 134 Å². The van der Waals surface area contributed by atoms with Crippen LogP contribution in [-0.4, -0.2) is 19.4 Å². The molecule has 21 heavy (non-hydrogen) atoms. The number of hydrogen-bond donors (Lipinski definition) is 0. The summed E-state index contributed by atoms with van der Waals surface area (Å²) in [4.78, 5) is 14.3. The lowest BCUT2D eigenvalue weighted by molar-refractivity contribution is 0.0985. The molecule has 3 heteroatoms. The van der Waals surface area contributed by atoms with Crippen molar-refractivity contribution in [1.29, 1.82) is 0 Å². The van der Waals surface area contributed by atoms with Gasteiger partial charge in [0.1, 0.15) is 0 Å². The Morgan fingerprint density at radius 1 is 1.05 bits per heavy atom. The Hall–Kier alpha value is -1.61. The van der Waals surface area contributed by atoms with Gasteiger partial charge in [0.15, 0.2) is 5.78 Å². The van der Waals surface area contributed by atoms with Gasteiger partial charge in [-0.25, -0.2) is 0 Å². The third-order valence-electron chi connectivity index (χ3n) is 3.63. The molecule has 0 unspecified atom stereocenters. The van der Waals surface area contributed by atoms with E-state index >= 15 is 0 Å². The molecule has 2 aromatic carbocycles. The van der Waals surface area contributed by atoms with E-state index in [0.717, 1.165) is 28.7 Å². The van der Waals surface area contributed by atoms with Crippen LogP contribution in [0.3, 0.4) is 0 Å². The van der Waals surface area contributed by atoms with Gasteiger partial charge in [0.2, 0.25) is 0 Å². The van der Waals surface area contributed by atoms with Crippen molar-refractivity contribution in [3.63, 3.8) is 0 Å². The van der Waals surface area contributed by atoms with Crippen LogP contribution in [0.15, 0.2) is 53.0 Å². The molecule has 110 valence electrons. The third-order valence-corrected chi connectivity index (χ3v) is 4.15. The van der Waals surface area contributed by atoms with Crippen molar-refractivity contribution in [2.75, 3.05) is 18.5 Å². The standard InChI is InChI=1S/C18H20BrNO/c1-3-14-4-10-17(11-5-14)20(2)13-12-18(21)15-6-8-16(19)9-7-15/h4-11H,3,12-13H2,1-2H3. The van der Waals surface area contributed by atoms with Gasteiger partial charge in [-0.3, -0.25) is 4.79 Å². The van der Waals surface area contributed by atoms with E-state index in [0.29, 0.717) is 6.42 Å². The summed E-state index contributed by atoms with van der Waals surface area (Å²) in [5.74, 6) is 0.180. The first-order valence-electron chi connectivity index (χ1n) is 7.19. The van der Waals surface area contributed by atoms with Gasteiger partial charge in [-0.2, -0.15) is 0 Å². The van der Waals surface area contributed by atoms with Crippen LogP contribution in [0.1, 0.15) is 29.3 Å². The molecule has 0 N–H and O–H groups in total. The van der Waals surface area contributed by atoms with Gasteiger partial charge >= 0.3 is 0 Å². The van der Waals surface area contributed by atoms with Gasteiger partial charge in [0.05, 0.1) is 0 Å². The SMILES string of the molecule is CCc1ccc(N(C)CCC(=O)c2ccc(Br)cc2)cc1. The van der Waals surface area contributed by atoms with Crippen LogP contribution < -0.4 is 4.90 Å². The van der Waals surface area contributed by atoms with Crippen molar-refractivity contribution < 1.29 is 4.79 Å². The van der Waals surface area contributed by atoms with Crippen LogP contribution in [-0.2, 0) is 6.42 Å². The third kappa shape index (κ3) is 4.43. The zero-order chi connectivity index (χ0) is 15.2. The normalized spacial score (nSPS) is 10.4. The van der Waals surface area contributed by atoms with Gasteiger partial charge in [-0.05, 0) is 36.2 Å². The number of carbonyl (C=O) groups excluding carboxylic acids is 1. The molecular formula is C18H20BrNO. The molecule has 0 saturated carbocycles. The summed E-state index contributed by atoms with van der Waals surface area (Å²) in [5, 5.41) is 0. The lowest BCUT2D eigenvalue weighted by Crippen LogP contribution is -2.21. The predicted octanol–water partition coefficient (Wildman–Crippen LogP) is 4.72. The summed E-state index contributed by atoms with van der Waals surface area (Å²) in [6.45, 7) is 2.87. The molecular weight excluding hydrogens is 326 g/mol. The number of aryl methyl sites for hydroxylation is 1. The van der Waals surface area contributed by atoms with E-state index in [9.17, 15) is 4.79 Å². The average Bonchev–Trinajstić information content (AvgIpc) is 2.53. The largest absolute Gasteiger partial charge is 0.374 e. The van der Waals surface area contributed by atoms with Crippen molar-refractivity contribution in [3.05, 3.63) is 64.1 Å². The first-order valence-corrected chi connectivity index (χ1v) is 7.98. The van der Waals surface area contributed by atoms with Crippen molar-refractivity contribution in [1.82, 2.24) is 0 Å². The summed E-state index contributed by atoms with van der Waals surface area (Å²) < 4.78 is 0.993. The summed E-state index contributed by atoms with van der Waals surface area (Å²) in [6.07, 6.45) is 1.57. The number of benzene rings is 2. The molecule has 0 amide bonds. The fraction of sp³-hybridized carbons (Fsp3) is 0.278. The van der Waals surface area contributed by atoms with Crippen LogP contribution >= 0.6 is 15.9 Å². The van der Waals surface area contributed by atoms with E-state index in [4.69, 9.17) is 0 Å². The first-order chi connectivity index (χ1) is 10.1. The van der Waals surface area contributed by atoms with E-state index in [-0.39, 0.29) is 5.78 Å². The number of nitrogens with zero attached hydrogens (tertiary/aromatic N) is 1. The molecule has 0 aliphatic carbocycles. The zero-order valence-corrected chi connectivity index (χ0v) is 14.1. The first kappa shape index (κ1) is 15.8. The number of carbonyl (C=O) groups is 1. The average molecular weight is 346 g/mol. The quantitative estimate of drug-likeness (QED) is 0.706. The van der Waals surface area contributed by atoms with Crippen LogP contribution in [0, 0.1) is 0 Å². The van der Waals surface area contributed by atoms with E-state index < -0.39 is 0 Å². The van der Waals surface area contributed by atoms with Gasteiger partial charge in [-0.1, -0.05) is 47.1 Å². The zero-order valence-electron chi connectivity index (χ0n) is 12.5.